The van der Waals surface area contributed by atoms with Gasteiger partial charge in [0.15, 0.2) is 11.6 Å². The summed E-state index contributed by atoms with van der Waals surface area (Å²) in [4.78, 5) is 13.5. The molecule has 0 atom stereocenters. The first-order valence-electron chi connectivity index (χ1n) is 8.12. The Labute approximate surface area is 157 Å². The van der Waals surface area contributed by atoms with Crippen LogP contribution in [0.25, 0.3) is 0 Å². The summed E-state index contributed by atoms with van der Waals surface area (Å²) in [5.41, 5.74) is 1.91. The normalized spacial score (nSPS) is 11.3. The molecule has 0 aliphatic rings. The summed E-state index contributed by atoms with van der Waals surface area (Å²) in [5.74, 6) is -2.01. The molecule has 6 nitrogen and oxygen atoms in total. The van der Waals surface area contributed by atoms with Crippen molar-refractivity contribution in [2.45, 2.75) is 18.8 Å². The molecule has 2 amide bonds. The van der Waals surface area contributed by atoms with Gasteiger partial charge in [0.05, 0.1) is 5.75 Å². The first kappa shape index (κ1) is 20.8. The topological polar surface area (TPSA) is 78.5 Å². The highest BCUT2D eigenvalue weighted by molar-refractivity contribution is 7.88. The molecule has 2 rings (SSSR count). The monoisotopic (exact) mass is 397 g/mol. The Morgan fingerprint density at radius 2 is 1.59 bits per heavy atom. The molecule has 2 N–H and O–H groups in total. The molecule has 2 aromatic rings. The standard InChI is InChI=1S/C18H21F2N3O3S/c1-21-27(25,26)12-14-5-3-13(4-6-14)10-22-18(24)23(2)11-15-7-8-16(19)17(20)9-15/h3-9,21H,10-12H2,1-2H3,(H,22,24). The lowest BCUT2D eigenvalue weighted by molar-refractivity contribution is 0.206. The van der Waals surface area contributed by atoms with Crippen LogP contribution >= 0.6 is 0 Å². The molecule has 0 bridgehead atoms. The van der Waals surface area contributed by atoms with Crippen LogP contribution in [0.15, 0.2) is 42.5 Å². The minimum atomic E-state index is -3.33. The van der Waals surface area contributed by atoms with Gasteiger partial charge in [-0.05, 0) is 35.9 Å². The third kappa shape index (κ3) is 6.30. The van der Waals surface area contributed by atoms with Gasteiger partial charge in [-0.2, -0.15) is 0 Å². The predicted molar refractivity (Wildman–Crippen MR) is 98.2 cm³/mol. The van der Waals surface area contributed by atoms with E-state index in [1.165, 1.54) is 18.0 Å². The van der Waals surface area contributed by atoms with Crippen molar-refractivity contribution in [2.24, 2.45) is 0 Å². The molecule has 0 unspecified atom stereocenters. The SMILES string of the molecule is CNS(=O)(=O)Cc1ccc(CNC(=O)N(C)Cc2ccc(F)c(F)c2)cc1. The fourth-order valence-corrected chi connectivity index (χ4v) is 3.12. The van der Waals surface area contributed by atoms with Gasteiger partial charge < -0.3 is 10.2 Å². The lowest BCUT2D eigenvalue weighted by Crippen LogP contribution is -2.36. The molecule has 0 saturated carbocycles. The van der Waals surface area contributed by atoms with Gasteiger partial charge in [-0.15, -0.1) is 0 Å². The molecular weight excluding hydrogens is 376 g/mol. The Bertz CT molecular complexity index is 903. The van der Waals surface area contributed by atoms with Crippen LogP contribution in [0.4, 0.5) is 13.6 Å². The summed E-state index contributed by atoms with van der Waals surface area (Å²) in [6.07, 6.45) is 0. The number of sulfonamides is 1. The van der Waals surface area contributed by atoms with Gasteiger partial charge in [0.2, 0.25) is 10.0 Å². The van der Waals surface area contributed by atoms with Gasteiger partial charge in [0.25, 0.3) is 0 Å². The summed E-state index contributed by atoms with van der Waals surface area (Å²) < 4.78 is 51.4. The zero-order valence-corrected chi connectivity index (χ0v) is 15.8. The minimum Gasteiger partial charge on any atom is -0.334 e. The second kappa shape index (κ2) is 8.92. The fourth-order valence-electron chi connectivity index (χ4n) is 2.34. The molecule has 0 heterocycles. The van der Waals surface area contributed by atoms with E-state index in [0.29, 0.717) is 11.1 Å². The van der Waals surface area contributed by atoms with Gasteiger partial charge in [-0.3, -0.25) is 0 Å². The van der Waals surface area contributed by atoms with Gasteiger partial charge in [0, 0.05) is 20.1 Å². The summed E-state index contributed by atoms with van der Waals surface area (Å²) in [7, 11) is -0.433. The average molecular weight is 397 g/mol. The van der Waals surface area contributed by atoms with E-state index in [9.17, 15) is 22.0 Å². The van der Waals surface area contributed by atoms with Crippen molar-refractivity contribution in [3.63, 3.8) is 0 Å². The highest BCUT2D eigenvalue weighted by Crippen LogP contribution is 2.11. The van der Waals surface area contributed by atoms with Crippen LogP contribution < -0.4 is 10.0 Å². The van der Waals surface area contributed by atoms with E-state index >= 15 is 0 Å². The molecule has 0 fully saturated rings. The summed E-state index contributed by atoms with van der Waals surface area (Å²) in [5, 5.41) is 2.71. The van der Waals surface area contributed by atoms with E-state index in [4.69, 9.17) is 0 Å². The summed E-state index contributed by atoms with van der Waals surface area (Å²) in [6, 6.07) is 9.94. The third-order valence-electron chi connectivity index (χ3n) is 3.88. The second-order valence-electron chi connectivity index (χ2n) is 6.04. The van der Waals surface area contributed by atoms with Crippen LogP contribution in [0.3, 0.4) is 0 Å². The smallest absolute Gasteiger partial charge is 0.317 e. The number of urea groups is 1. The first-order chi connectivity index (χ1) is 12.7. The van der Waals surface area contributed by atoms with Gasteiger partial charge in [-0.25, -0.2) is 26.7 Å². The molecule has 2 aromatic carbocycles. The zero-order chi connectivity index (χ0) is 20.0. The highest BCUT2D eigenvalue weighted by atomic mass is 32.2. The highest BCUT2D eigenvalue weighted by Gasteiger charge is 2.11. The molecule has 27 heavy (non-hydrogen) atoms. The number of carbonyl (C=O) groups excluding carboxylic acids is 1. The maximum Gasteiger partial charge on any atom is 0.317 e. The van der Waals surface area contributed by atoms with Crippen molar-refractivity contribution in [1.29, 1.82) is 0 Å². The van der Waals surface area contributed by atoms with Crippen LogP contribution in [-0.4, -0.2) is 33.4 Å². The Hall–Kier alpha value is -2.52. The number of nitrogens with zero attached hydrogens (tertiary/aromatic N) is 1. The van der Waals surface area contributed by atoms with Crippen LogP contribution in [0, 0.1) is 11.6 Å². The number of benzene rings is 2. The van der Waals surface area contributed by atoms with Crippen molar-refractivity contribution in [1.82, 2.24) is 14.9 Å². The van der Waals surface area contributed by atoms with Gasteiger partial charge >= 0.3 is 6.03 Å². The van der Waals surface area contributed by atoms with Gasteiger partial charge in [0.1, 0.15) is 0 Å². The summed E-state index contributed by atoms with van der Waals surface area (Å²) in [6.45, 7) is 0.379. The van der Waals surface area contributed by atoms with Crippen molar-refractivity contribution < 1.29 is 22.0 Å². The lowest BCUT2D eigenvalue weighted by atomic mass is 10.1. The van der Waals surface area contributed by atoms with E-state index in [1.54, 1.807) is 31.3 Å². The minimum absolute atomic E-state index is 0.118. The Morgan fingerprint density at radius 1 is 1.00 bits per heavy atom. The maximum absolute atomic E-state index is 13.2. The van der Waals surface area contributed by atoms with Crippen molar-refractivity contribution in [2.75, 3.05) is 14.1 Å². The first-order valence-corrected chi connectivity index (χ1v) is 9.77. The number of hydrogen-bond donors (Lipinski definition) is 2. The fraction of sp³-hybridized carbons (Fsp3) is 0.278. The number of carbonyl (C=O) groups is 1. The predicted octanol–water partition coefficient (Wildman–Crippen LogP) is 2.36. The molecule has 0 saturated heterocycles. The van der Waals surface area contributed by atoms with Crippen LogP contribution in [0.1, 0.15) is 16.7 Å². The Balaban J connectivity index is 1.88. The largest absolute Gasteiger partial charge is 0.334 e. The molecular formula is C18H21F2N3O3S. The van der Waals surface area contributed by atoms with Crippen molar-refractivity contribution >= 4 is 16.1 Å². The quantitative estimate of drug-likeness (QED) is 0.753. The number of amides is 2. The van der Waals surface area contributed by atoms with E-state index in [2.05, 4.69) is 10.0 Å². The molecule has 146 valence electrons. The van der Waals surface area contributed by atoms with E-state index in [-0.39, 0.29) is 24.9 Å². The Morgan fingerprint density at radius 3 is 2.19 bits per heavy atom. The molecule has 0 radical (unpaired) electrons. The second-order valence-corrected chi connectivity index (χ2v) is 7.97. The van der Waals surface area contributed by atoms with Gasteiger partial charge in [-0.1, -0.05) is 30.3 Å². The number of nitrogens with one attached hydrogen (secondary N) is 2. The average Bonchev–Trinajstić information content (AvgIpc) is 2.63. The van der Waals surface area contributed by atoms with E-state index in [0.717, 1.165) is 17.7 Å². The number of halogens is 2. The third-order valence-corrected chi connectivity index (χ3v) is 5.22. The zero-order valence-electron chi connectivity index (χ0n) is 15.0. The maximum atomic E-state index is 13.2. The van der Waals surface area contributed by atoms with Crippen LogP contribution in [0.5, 0.6) is 0 Å². The Kier molecular flexibility index (Phi) is 6.86. The molecule has 9 heteroatoms. The van der Waals surface area contributed by atoms with Crippen molar-refractivity contribution in [3.8, 4) is 0 Å². The number of rotatable bonds is 7. The molecule has 0 aliphatic carbocycles. The van der Waals surface area contributed by atoms with E-state index in [1.807, 2.05) is 0 Å². The molecule has 0 aliphatic heterocycles. The molecule has 0 spiro atoms. The summed E-state index contributed by atoms with van der Waals surface area (Å²) >= 11 is 0. The van der Waals surface area contributed by atoms with E-state index < -0.39 is 21.7 Å². The van der Waals surface area contributed by atoms with Crippen LogP contribution in [0.2, 0.25) is 0 Å². The number of hydrogen-bond acceptors (Lipinski definition) is 3. The van der Waals surface area contributed by atoms with Crippen molar-refractivity contribution in [3.05, 3.63) is 70.8 Å². The molecule has 0 aromatic heterocycles. The lowest BCUT2D eigenvalue weighted by Gasteiger charge is -2.18. The van der Waals surface area contributed by atoms with Crippen LogP contribution in [-0.2, 0) is 28.9 Å².